The highest BCUT2D eigenvalue weighted by Crippen LogP contribution is 2.17. The Morgan fingerprint density at radius 2 is 2.25 bits per heavy atom. The van der Waals surface area contributed by atoms with Gasteiger partial charge in [-0.15, -0.1) is 0 Å². The minimum absolute atomic E-state index is 0.0224. The third kappa shape index (κ3) is 3.24. The van der Waals surface area contributed by atoms with E-state index >= 15 is 0 Å². The van der Waals surface area contributed by atoms with Crippen LogP contribution in [-0.4, -0.2) is 26.5 Å². The molecule has 0 aliphatic rings. The Morgan fingerprint density at radius 3 is 2.85 bits per heavy atom. The van der Waals surface area contributed by atoms with Crippen molar-refractivity contribution in [2.45, 2.75) is 33.2 Å². The number of aryl methyl sites for hydroxylation is 1. The Hall–Kier alpha value is -1.70. The molecule has 0 bridgehead atoms. The van der Waals surface area contributed by atoms with Crippen LogP contribution < -0.4 is 10.9 Å². The highest BCUT2D eigenvalue weighted by atomic mass is 79.9. The lowest BCUT2D eigenvalue weighted by Gasteiger charge is -2.11. The third-order valence-corrected chi connectivity index (χ3v) is 3.42. The van der Waals surface area contributed by atoms with E-state index in [9.17, 15) is 4.79 Å². The number of anilines is 1. The van der Waals surface area contributed by atoms with Crippen LogP contribution >= 0.6 is 15.9 Å². The molecule has 0 aromatic carbocycles. The number of hydrogen-bond acceptors (Lipinski definition) is 6. The number of nitrogens with one attached hydrogen (secondary N) is 1. The summed E-state index contributed by atoms with van der Waals surface area (Å²) in [6.45, 7) is 6.16. The van der Waals surface area contributed by atoms with Crippen molar-refractivity contribution >= 4 is 21.6 Å². The van der Waals surface area contributed by atoms with Gasteiger partial charge in [-0.3, -0.25) is 4.79 Å². The van der Waals surface area contributed by atoms with E-state index in [-0.39, 0.29) is 11.6 Å². The summed E-state index contributed by atoms with van der Waals surface area (Å²) >= 11 is 3.30. The van der Waals surface area contributed by atoms with Gasteiger partial charge in [0, 0.05) is 13.0 Å². The maximum absolute atomic E-state index is 12.0. The van der Waals surface area contributed by atoms with E-state index in [1.165, 1.54) is 4.68 Å². The zero-order valence-electron chi connectivity index (χ0n) is 11.6. The molecule has 8 heteroatoms. The van der Waals surface area contributed by atoms with Crippen molar-refractivity contribution in [3.05, 3.63) is 32.7 Å². The average Bonchev–Trinajstić information content (AvgIpc) is 2.80. The quantitative estimate of drug-likeness (QED) is 0.894. The summed E-state index contributed by atoms with van der Waals surface area (Å²) in [5.41, 5.74) is 0.502. The van der Waals surface area contributed by atoms with Crippen LogP contribution in [-0.2, 0) is 6.42 Å². The molecular formula is C12H16BrN5O2. The minimum Gasteiger partial charge on any atom is -0.382 e. The minimum atomic E-state index is -0.154. The first-order valence-electron chi connectivity index (χ1n) is 6.29. The molecule has 0 saturated heterocycles. The molecule has 0 spiro atoms. The number of halogens is 1. The molecule has 2 aromatic rings. The number of nitrogens with zero attached hydrogens (tertiary/aromatic N) is 4. The zero-order valence-corrected chi connectivity index (χ0v) is 13.1. The Labute approximate surface area is 124 Å². The van der Waals surface area contributed by atoms with Gasteiger partial charge in [-0.2, -0.15) is 10.1 Å². The second kappa shape index (κ2) is 6.17. The topological polar surface area (TPSA) is 85.8 Å². The number of rotatable bonds is 5. The molecule has 0 amide bonds. The zero-order chi connectivity index (χ0) is 14.7. The molecule has 0 saturated carbocycles. The molecule has 1 N–H and O–H groups in total. The third-order valence-electron chi connectivity index (χ3n) is 2.66. The van der Waals surface area contributed by atoms with Gasteiger partial charge in [0.2, 0.25) is 5.89 Å². The van der Waals surface area contributed by atoms with Crippen molar-refractivity contribution < 1.29 is 4.52 Å². The molecule has 0 radical (unpaired) electrons. The van der Waals surface area contributed by atoms with Crippen molar-refractivity contribution in [3.63, 3.8) is 0 Å². The largest absolute Gasteiger partial charge is 0.382 e. The highest BCUT2D eigenvalue weighted by Gasteiger charge is 2.11. The van der Waals surface area contributed by atoms with Crippen LogP contribution in [0.1, 0.15) is 31.6 Å². The van der Waals surface area contributed by atoms with Crippen molar-refractivity contribution in [2.24, 2.45) is 0 Å². The van der Waals surface area contributed by atoms with E-state index in [1.807, 2.05) is 13.8 Å². The predicted octanol–water partition coefficient (Wildman–Crippen LogP) is 1.93. The fourth-order valence-corrected chi connectivity index (χ4v) is 2.11. The van der Waals surface area contributed by atoms with Gasteiger partial charge in [-0.1, -0.05) is 5.16 Å². The molecule has 108 valence electrons. The summed E-state index contributed by atoms with van der Waals surface area (Å²) in [5.74, 6) is 1.18. The van der Waals surface area contributed by atoms with E-state index < -0.39 is 0 Å². The molecule has 20 heavy (non-hydrogen) atoms. The summed E-state index contributed by atoms with van der Waals surface area (Å²) in [5, 5.41) is 11.0. The van der Waals surface area contributed by atoms with Crippen LogP contribution in [0.25, 0.3) is 0 Å². The smallest absolute Gasteiger partial charge is 0.283 e. The molecule has 0 unspecified atom stereocenters. The fourth-order valence-electron chi connectivity index (χ4n) is 1.68. The van der Waals surface area contributed by atoms with E-state index in [0.717, 1.165) is 0 Å². The average molecular weight is 342 g/mol. The molecule has 0 atom stereocenters. The standard InChI is InChI=1S/C12H16BrN5O2/c1-7(2)18-12(19)11(13)9(6-15-18)14-5-4-10-16-8(3)17-20-10/h6-7,14H,4-5H2,1-3H3. The van der Waals surface area contributed by atoms with E-state index in [2.05, 4.69) is 36.5 Å². The number of hydrogen-bond donors (Lipinski definition) is 1. The van der Waals surface area contributed by atoms with Gasteiger partial charge in [0.15, 0.2) is 5.82 Å². The Morgan fingerprint density at radius 1 is 1.50 bits per heavy atom. The summed E-state index contributed by atoms with van der Waals surface area (Å²) < 4.78 is 6.91. The van der Waals surface area contributed by atoms with Gasteiger partial charge in [-0.05, 0) is 36.7 Å². The van der Waals surface area contributed by atoms with Crippen molar-refractivity contribution in [1.82, 2.24) is 19.9 Å². The van der Waals surface area contributed by atoms with Crippen LogP contribution in [0.15, 0.2) is 20.0 Å². The second-order valence-corrected chi connectivity index (χ2v) is 5.42. The van der Waals surface area contributed by atoms with Crippen LogP contribution in [0.4, 0.5) is 5.69 Å². The van der Waals surface area contributed by atoms with Crippen molar-refractivity contribution in [2.75, 3.05) is 11.9 Å². The molecule has 0 aliphatic heterocycles. The predicted molar refractivity (Wildman–Crippen MR) is 77.8 cm³/mol. The maximum Gasteiger partial charge on any atom is 0.283 e. The Balaban J connectivity index is 2.03. The van der Waals surface area contributed by atoms with Gasteiger partial charge in [0.1, 0.15) is 4.47 Å². The number of aromatic nitrogens is 4. The first-order valence-corrected chi connectivity index (χ1v) is 7.08. The van der Waals surface area contributed by atoms with E-state index in [4.69, 9.17) is 4.52 Å². The van der Waals surface area contributed by atoms with Crippen LogP contribution in [0.2, 0.25) is 0 Å². The van der Waals surface area contributed by atoms with E-state index in [1.54, 1.807) is 13.1 Å². The lowest BCUT2D eigenvalue weighted by atomic mass is 10.3. The SMILES string of the molecule is Cc1noc(CCNc2cnn(C(C)C)c(=O)c2Br)n1. The monoisotopic (exact) mass is 341 g/mol. The molecular weight excluding hydrogens is 326 g/mol. The van der Waals surface area contributed by atoms with Gasteiger partial charge < -0.3 is 9.84 Å². The maximum atomic E-state index is 12.0. The summed E-state index contributed by atoms with van der Waals surface area (Å²) in [6.07, 6.45) is 2.21. The van der Waals surface area contributed by atoms with Crippen molar-refractivity contribution in [1.29, 1.82) is 0 Å². The Bertz CT molecular complexity index is 650. The van der Waals surface area contributed by atoms with Gasteiger partial charge in [-0.25, -0.2) is 4.68 Å². The molecule has 2 heterocycles. The lowest BCUT2D eigenvalue weighted by Crippen LogP contribution is -2.26. The van der Waals surface area contributed by atoms with Crippen LogP contribution in [0, 0.1) is 6.92 Å². The van der Waals surface area contributed by atoms with Crippen LogP contribution in [0.3, 0.4) is 0 Å². The normalized spacial score (nSPS) is 11.1. The Kier molecular flexibility index (Phi) is 4.53. The highest BCUT2D eigenvalue weighted by molar-refractivity contribution is 9.10. The molecule has 2 aromatic heterocycles. The second-order valence-electron chi connectivity index (χ2n) is 4.63. The lowest BCUT2D eigenvalue weighted by molar-refractivity contribution is 0.377. The van der Waals surface area contributed by atoms with Crippen molar-refractivity contribution in [3.8, 4) is 0 Å². The molecule has 0 fully saturated rings. The van der Waals surface area contributed by atoms with E-state index in [0.29, 0.717) is 34.8 Å². The molecule has 2 rings (SSSR count). The van der Waals surface area contributed by atoms with Gasteiger partial charge in [0.05, 0.1) is 17.9 Å². The van der Waals surface area contributed by atoms with Gasteiger partial charge in [0.25, 0.3) is 5.56 Å². The molecule has 7 nitrogen and oxygen atoms in total. The summed E-state index contributed by atoms with van der Waals surface area (Å²) in [4.78, 5) is 16.1. The van der Waals surface area contributed by atoms with Gasteiger partial charge >= 0.3 is 0 Å². The van der Waals surface area contributed by atoms with Crippen LogP contribution in [0.5, 0.6) is 0 Å². The first-order chi connectivity index (χ1) is 9.49. The summed E-state index contributed by atoms with van der Waals surface area (Å²) in [7, 11) is 0. The first kappa shape index (κ1) is 14.7. The fraction of sp³-hybridized carbons (Fsp3) is 0.500. The summed E-state index contributed by atoms with van der Waals surface area (Å²) in [6, 6.07) is 0.0224. The molecule has 0 aliphatic carbocycles.